The highest BCUT2D eigenvalue weighted by atomic mass is 16.5. The first-order chi connectivity index (χ1) is 12.1. The van der Waals surface area contributed by atoms with Crippen LogP contribution in [0.4, 0.5) is 0 Å². The van der Waals surface area contributed by atoms with Crippen LogP contribution in [0.15, 0.2) is 34.9 Å². The Morgan fingerprint density at radius 1 is 1.20 bits per heavy atom. The van der Waals surface area contributed by atoms with E-state index in [1.807, 2.05) is 49.1 Å². The fourth-order valence-corrected chi connectivity index (χ4v) is 3.03. The molecule has 0 spiro atoms. The molecule has 2 heterocycles. The lowest BCUT2D eigenvalue weighted by Gasteiger charge is -2.39. The monoisotopic (exact) mass is 342 g/mol. The van der Waals surface area contributed by atoms with Gasteiger partial charge in [0.15, 0.2) is 5.82 Å². The summed E-state index contributed by atoms with van der Waals surface area (Å²) in [5.41, 5.74) is 0.828. The Balaban J connectivity index is 1.60. The molecule has 0 bridgehead atoms. The van der Waals surface area contributed by atoms with E-state index in [4.69, 9.17) is 4.52 Å². The maximum absolute atomic E-state index is 12.5. The highest BCUT2D eigenvalue weighted by molar-refractivity contribution is 5.79. The zero-order chi connectivity index (χ0) is 17.8. The first-order valence-electron chi connectivity index (χ1n) is 8.53. The van der Waals surface area contributed by atoms with Crippen molar-refractivity contribution in [3.8, 4) is 11.5 Å². The van der Waals surface area contributed by atoms with Gasteiger partial charge in [0, 0.05) is 37.7 Å². The molecule has 1 saturated heterocycles. The normalized spacial score (nSPS) is 17.6. The maximum atomic E-state index is 12.5. The smallest absolute Gasteiger partial charge is 0.257 e. The van der Waals surface area contributed by atoms with Gasteiger partial charge in [-0.1, -0.05) is 30.3 Å². The van der Waals surface area contributed by atoms with Crippen LogP contribution in [0, 0.1) is 0 Å². The molecule has 7 heteroatoms. The SMILES string of the molecule is CCC(=O)N1CCN(C(=O)Cc2noc(-c3ccccc3)n2)C[C@H]1C. The maximum Gasteiger partial charge on any atom is 0.257 e. The predicted molar refractivity (Wildman–Crippen MR) is 91.5 cm³/mol. The summed E-state index contributed by atoms with van der Waals surface area (Å²) >= 11 is 0. The number of carbonyl (C=O) groups is 2. The number of piperazine rings is 1. The van der Waals surface area contributed by atoms with E-state index < -0.39 is 0 Å². The van der Waals surface area contributed by atoms with Crippen molar-refractivity contribution in [2.24, 2.45) is 0 Å². The predicted octanol–water partition coefficient (Wildman–Crippen LogP) is 1.75. The van der Waals surface area contributed by atoms with Crippen LogP contribution >= 0.6 is 0 Å². The van der Waals surface area contributed by atoms with E-state index in [0.717, 1.165) is 5.56 Å². The Morgan fingerprint density at radius 2 is 1.96 bits per heavy atom. The number of benzene rings is 1. The van der Waals surface area contributed by atoms with Crippen LogP contribution in [0.5, 0.6) is 0 Å². The molecule has 7 nitrogen and oxygen atoms in total. The standard InChI is InChI=1S/C18H22N4O3/c1-3-16(23)22-10-9-21(12-13(22)2)17(24)11-15-19-18(25-20-15)14-7-5-4-6-8-14/h4-8,13H,3,9-12H2,1-2H3/t13-/m1/s1. The second-order valence-electron chi connectivity index (χ2n) is 6.19. The summed E-state index contributed by atoms with van der Waals surface area (Å²) in [4.78, 5) is 32.3. The summed E-state index contributed by atoms with van der Waals surface area (Å²) in [6.45, 7) is 5.47. The Kier molecular flexibility index (Phi) is 5.11. The van der Waals surface area contributed by atoms with Crippen molar-refractivity contribution in [3.05, 3.63) is 36.2 Å². The molecule has 1 aromatic heterocycles. The zero-order valence-electron chi connectivity index (χ0n) is 14.5. The number of carbonyl (C=O) groups excluding carboxylic acids is 2. The third-order valence-corrected chi connectivity index (χ3v) is 4.40. The summed E-state index contributed by atoms with van der Waals surface area (Å²) in [6.07, 6.45) is 0.591. The van der Waals surface area contributed by atoms with Crippen LogP contribution in [-0.4, -0.2) is 57.4 Å². The van der Waals surface area contributed by atoms with Crippen LogP contribution in [-0.2, 0) is 16.0 Å². The molecule has 2 amide bonds. The van der Waals surface area contributed by atoms with Gasteiger partial charge in [-0.15, -0.1) is 0 Å². The summed E-state index contributed by atoms with van der Waals surface area (Å²) < 4.78 is 5.24. The van der Waals surface area contributed by atoms with Crippen LogP contribution in [0.25, 0.3) is 11.5 Å². The molecule has 0 saturated carbocycles. The molecule has 0 unspecified atom stereocenters. The van der Waals surface area contributed by atoms with Gasteiger partial charge < -0.3 is 14.3 Å². The minimum absolute atomic E-state index is 0.0234. The molecular formula is C18H22N4O3. The molecule has 132 valence electrons. The molecule has 1 aliphatic rings. The van der Waals surface area contributed by atoms with Crippen molar-refractivity contribution in [1.82, 2.24) is 19.9 Å². The molecule has 25 heavy (non-hydrogen) atoms. The van der Waals surface area contributed by atoms with Crippen molar-refractivity contribution in [2.75, 3.05) is 19.6 Å². The summed E-state index contributed by atoms with van der Waals surface area (Å²) in [7, 11) is 0. The zero-order valence-corrected chi connectivity index (χ0v) is 14.5. The van der Waals surface area contributed by atoms with Crippen molar-refractivity contribution in [2.45, 2.75) is 32.7 Å². The first kappa shape index (κ1) is 17.1. The molecule has 1 aromatic carbocycles. The van der Waals surface area contributed by atoms with E-state index in [2.05, 4.69) is 10.1 Å². The summed E-state index contributed by atoms with van der Waals surface area (Å²) in [5.74, 6) is 0.875. The number of aromatic nitrogens is 2. The van der Waals surface area contributed by atoms with Gasteiger partial charge in [-0.2, -0.15) is 4.98 Å². The lowest BCUT2D eigenvalue weighted by molar-refractivity contribution is -0.142. The van der Waals surface area contributed by atoms with Gasteiger partial charge in [-0.25, -0.2) is 0 Å². The van der Waals surface area contributed by atoms with Gasteiger partial charge in [0.05, 0.1) is 6.42 Å². The largest absolute Gasteiger partial charge is 0.338 e. The van der Waals surface area contributed by atoms with E-state index in [1.54, 1.807) is 4.90 Å². The van der Waals surface area contributed by atoms with E-state index in [1.165, 1.54) is 0 Å². The highest BCUT2D eigenvalue weighted by Gasteiger charge is 2.29. The molecule has 1 aliphatic heterocycles. The van der Waals surface area contributed by atoms with Crippen LogP contribution in [0.3, 0.4) is 0 Å². The summed E-state index contributed by atoms with van der Waals surface area (Å²) in [5, 5.41) is 3.90. The lowest BCUT2D eigenvalue weighted by Crippen LogP contribution is -2.55. The van der Waals surface area contributed by atoms with Crippen molar-refractivity contribution in [1.29, 1.82) is 0 Å². The number of nitrogens with zero attached hydrogens (tertiary/aromatic N) is 4. The number of amides is 2. The molecule has 0 N–H and O–H groups in total. The van der Waals surface area contributed by atoms with Gasteiger partial charge in [0.25, 0.3) is 5.89 Å². The Bertz CT molecular complexity index is 744. The minimum Gasteiger partial charge on any atom is -0.338 e. The van der Waals surface area contributed by atoms with E-state index in [-0.39, 0.29) is 24.3 Å². The van der Waals surface area contributed by atoms with Crippen LogP contribution < -0.4 is 0 Å². The molecule has 2 aromatic rings. The van der Waals surface area contributed by atoms with Crippen molar-refractivity contribution < 1.29 is 14.1 Å². The third kappa shape index (κ3) is 3.87. The molecule has 1 fully saturated rings. The van der Waals surface area contributed by atoms with Crippen molar-refractivity contribution in [3.63, 3.8) is 0 Å². The third-order valence-electron chi connectivity index (χ3n) is 4.40. The molecule has 1 atom stereocenters. The topological polar surface area (TPSA) is 79.5 Å². The average Bonchev–Trinajstić information content (AvgIpc) is 3.10. The Hall–Kier alpha value is -2.70. The lowest BCUT2D eigenvalue weighted by atomic mass is 10.1. The van der Waals surface area contributed by atoms with Gasteiger partial charge in [0.2, 0.25) is 11.8 Å². The second-order valence-corrected chi connectivity index (χ2v) is 6.19. The quantitative estimate of drug-likeness (QED) is 0.846. The molecule has 0 aliphatic carbocycles. The van der Waals surface area contributed by atoms with Crippen LogP contribution in [0.1, 0.15) is 26.1 Å². The van der Waals surface area contributed by atoms with E-state index in [0.29, 0.717) is 37.8 Å². The van der Waals surface area contributed by atoms with Gasteiger partial charge in [0.1, 0.15) is 0 Å². The molecular weight excluding hydrogens is 320 g/mol. The Labute approximate surface area is 146 Å². The first-order valence-corrected chi connectivity index (χ1v) is 8.53. The van der Waals surface area contributed by atoms with Crippen molar-refractivity contribution >= 4 is 11.8 Å². The molecule has 0 radical (unpaired) electrons. The van der Waals surface area contributed by atoms with Gasteiger partial charge in [-0.05, 0) is 19.1 Å². The van der Waals surface area contributed by atoms with Crippen LogP contribution in [0.2, 0.25) is 0 Å². The van der Waals surface area contributed by atoms with Gasteiger partial charge in [-0.3, -0.25) is 9.59 Å². The molecule has 3 rings (SSSR count). The average molecular weight is 342 g/mol. The Morgan fingerprint density at radius 3 is 2.64 bits per heavy atom. The second kappa shape index (κ2) is 7.46. The van der Waals surface area contributed by atoms with Gasteiger partial charge >= 0.3 is 0 Å². The van der Waals surface area contributed by atoms with E-state index in [9.17, 15) is 9.59 Å². The van der Waals surface area contributed by atoms with E-state index >= 15 is 0 Å². The number of hydrogen-bond donors (Lipinski definition) is 0. The fourth-order valence-electron chi connectivity index (χ4n) is 3.03. The highest BCUT2D eigenvalue weighted by Crippen LogP contribution is 2.17. The minimum atomic E-state index is -0.0455. The number of hydrogen-bond acceptors (Lipinski definition) is 5. The fraction of sp³-hybridized carbons (Fsp3) is 0.444. The number of rotatable bonds is 4. The summed E-state index contributed by atoms with van der Waals surface area (Å²) in [6, 6.07) is 9.48.